The maximum atomic E-state index is 10.4. The van der Waals surface area contributed by atoms with E-state index >= 15 is 0 Å². The van der Waals surface area contributed by atoms with E-state index in [1.54, 1.807) is 6.08 Å². The number of hydrogen-bond acceptors (Lipinski definition) is 4. The zero-order chi connectivity index (χ0) is 20.6. The fourth-order valence-electron chi connectivity index (χ4n) is 2.57. The fraction of sp³-hybridized carbons (Fsp3) is 0.348. The lowest BCUT2D eigenvalue weighted by Gasteiger charge is -2.05. The Morgan fingerprint density at radius 3 is 2.25 bits per heavy atom. The van der Waals surface area contributed by atoms with Crippen molar-refractivity contribution in [3.05, 3.63) is 71.1 Å². The molecule has 0 saturated heterocycles. The summed E-state index contributed by atoms with van der Waals surface area (Å²) >= 11 is 0. The van der Waals surface area contributed by atoms with E-state index in [1.807, 2.05) is 61.5 Å². The van der Waals surface area contributed by atoms with Crippen LogP contribution in [0.1, 0.15) is 51.5 Å². The minimum atomic E-state index is -0.933. The summed E-state index contributed by atoms with van der Waals surface area (Å²) in [5.74, 6) is -0.933. The van der Waals surface area contributed by atoms with Crippen LogP contribution in [0.25, 0.3) is 17.2 Å². The van der Waals surface area contributed by atoms with Gasteiger partial charge in [-0.3, -0.25) is 0 Å². The Labute approximate surface area is 167 Å². The van der Waals surface area contributed by atoms with E-state index in [-0.39, 0.29) is 6.10 Å². The van der Waals surface area contributed by atoms with Gasteiger partial charge < -0.3 is 9.94 Å². The van der Waals surface area contributed by atoms with Crippen molar-refractivity contribution in [2.45, 2.75) is 52.1 Å². The van der Waals surface area contributed by atoms with Crippen molar-refractivity contribution in [3.8, 4) is 11.1 Å². The number of hydrogen-bond donors (Lipinski definition) is 1. The van der Waals surface area contributed by atoms with Gasteiger partial charge in [0.1, 0.15) is 6.10 Å². The van der Waals surface area contributed by atoms with Gasteiger partial charge in [0, 0.05) is 6.08 Å². The van der Waals surface area contributed by atoms with Crippen LogP contribution in [-0.2, 0) is 9.63 Å². The van der Waals surface area contributed by atoms with Gasteiger partial charge in [-0.25, -0.2) is 4.79 Å². The average Bonchev–Trinajstić information content (AvgIpc) is 2.71. The summed E-state index contributed by atoms with van der Waals surface area (Å²) in [6.07, 6.45) is 8.50. The topological polar surface area (TPSA) is 76.0 Å². The molecule has 1 N–H and O–H groups in total. The second-order valence-corrected chi connectivity index (χ2v) is 6.50. The molecule has 0 aliphatic rings. The van der Waals surface area contributed by atoms with Crippen molar-refractivity contribution >= 4 is 12.0 Å². The predicted octanol–water partition coefficient (Wildman–Crippen LogP) is 6.49. The van der Waals surface area contributed by atoms with Gasteiger partial charge in [0.15, 0.2) is 5.34 Å². The number of carboxylic acids is 1. The molecule has 1 unspecified atom stereocenters. The first-order valence-electron chi connectivity index (χ1n) is 9.61. The number of rotatable bonds is 10. The van der Waals surface area contributed by atoms with Gasteiger partial charge in [-0.1, -0.05) is 80.8 Å². The minimum absolute atomic E-state index is 0.00986. The summed E-state index contributed by atoms with van der Waals surface area (Å²) in [7, 11) is 0. The maximum Gasteiger partial charge on any atom is 0.328 e. The third-order valence-electron chi connectivity index (χ3n) is 4.12. The summed E-state index contributed by atoms with van der Waals surface area (Å²) in [6.45, 7) is 4.04. The Morgan fingerprint density at radius 1 is 1.04 bits per heavy atom. The van der Waals surface area contributed by atoms with Crippen LogP contribution in [0.5, 0.6) is 0 Å². The second-order valence-electron chi connectivity index (χ2n) is 6.50. The molecule has 150 valence electrons. The summed E-state index contributed by atoms with van der Waals surface area (Å²) in [5, 5.41) is 10.9. The quantitative estimate of drug-likeness (QED) is 0.220. The van der Waals surface area contributed by atoms with Gasteiger partial charge in [-0.2, -0.15) is 0 Å². The van der Waals surface area contributed by atoms with E-state index < -0.39 is 5.97 Å². The SMILES string of the molecule is CCCCCCC(C)ON=O.O=C(O)C=Cc1ccc(-c2ccccc2)cc1. The van der Waals surface area contributed by atoms with Crippen LogP contribution in [0.15, 0.2) is 66.0 Å². The zero-order valence-electron chi connectivity index (χ0n) is 16.6. The van der Waals surface area contributed by atoms with Crippen LogP contribution >= 0.6 is 0 Å². The molecule has 0 aliphatic heterocycles. The Balaban J connectivity index is 0.000000311. The Morgan fingerprint density at radius 2 is 1.68 bits per heavy atom. The molecule has 1 atom stereocenters. The highest BCUT2D eigenvalue weighted by atomic mass is 16.7. The van der Waals surface area contributed by atoms with E-state index in [0.717, 1.165) is 35.6 Å². The molecule has 2 rings (SSSR count). The molecule has 0 bridgehead atoms. The zero-order valence-corrected chi connectivity index (χ0v) is 16.6. The van der Waals surface area contributed by atoms with Crippen LogP contribution in [0.2, 0.25) is 0 Å². The molecule has 2 aromatic carbocycles. The molecular formula is C23H29NO4. The number of carboxylic acid groups (broad SMARTS) is 1. The largest absolute Gasteiger partial charge is 0.478 e. The van der Waals surface area contributed by atoms with Gasteiger partial charge >= 0.3 is 5.97 Å². The monoisotopic (exact) mass is 383 g/mol. The lowest BCUT2D eigenvalue weighted by atomic mass is 10.0. The summed E-state index contributed by atoms with van der Waals surface area (Å²) in [5.41, 5.74) is 3.16. The van der Waals surface area contributed by atoms with E-state index in [9.17, 15) is 9.70 Å². The van der Waals surface area contributed by atoms with Gasteiger partial charge in [-0.05, 0) is 42.5 Å². The molecule has 0 aliphatic carbocycles. The highest BCUT2D eigenvalue weighted by Crippen LogP contribution is 2.19. The van der Waals surface area contributed by atoms with E-state index in [4.69, 9.17) is 5.11 Å². The number of nitrogens with zero attached hydrogens (tertiary/aromatic N) is 1. The van der Waals surface area contributed by atoms with Crippen molar-refractivity contribution < 1.29 is 14.7 Å². The Kier molecular flexibility index (Phi) is 11.7. The molecule has 0 heterocycles. The van der Waals surface area contributed by atoms with E-state index in [0.29, 0.717) is 0 Å². The van der Waals surface area contributed by atoms with Crippen LogP contribution < -0.4 is 0 Å². The van der Waals surface area contributed by atoms with Crippen molar-refractivity contribution in [2.75, 3.05) is 0 Å². The standard InChI is InChI=1S/C15H12O2.C8H17NO2/c16-15(17)11-8-12-6-9-14(10-7-12)13-4-2-1-3-5-13;1-3-4-5-6-7-8(2)11-9-10/h1-11H,(H,16,17);8H,3-7H2,1-2H3. The lowest BCUT2D eigenvalue weighted by molar-refractivity contribution is -0.131. The van der Waals surface area contributed by atoms with E-state index in [2.05, 4.69) is 17.1 Å². The summed E-state index contributed by atoms with van der Waals surface area (Å²) in [4.78, 5) is 24.5. The number of aliphatic carboxylic acids is 1. The molecule has 0 aromatic heterocycles. The summed E-state index contributed by atoms with van der Waals surface area (Å²) < 4.78 is 0. The number of benzene rings is 2. The van der Waals surface area contributed by atoms with Crippen LogP contribution in [0.3, 0.4) is 0 Å². The Hall–Kier alpha value is -2.95. The highest BCUT2D eigenvalue weighted by Gasteiger charge is 2.01. The summed E-state index contributed by atoms with van der Waals surface area (Å²) in [6, 6.07) is 17.8. The molecule has 0 amide bonds. The molecule has 0 saturated carbocycles. The highest BCUT2D eigenvalue weighted by molar-refractivity contribution is 5.85. The first-order chi connectivity index (χ1) is 13.6. The van der Waals surface area contributed by atoms with Gasteiger partial charge in [-0.15, -0.1) is 4.91 Å². The van der Waals surface area contributed by atoms with Crippen molar-refractivity contribution in [2.24, 2.45) is 5.34 Å². The van der Waals surface area contributed by atoms with Crippen molar-refractivity contribution in [1.29, 1.82) is 0 Å². The van der Waals surface area contributed by atoms with Crippen molar-refractivity contribution in [3.63, 3.8) is 0 Å². The number of carbonyl (C=O) groups is 1. The second kappa shape index (κ2) is 14.2. The smallest absolute Gasteiger partial charge is 0.328 e. The molecule has 5 nitrogen and oxygen atoms in total. The van der Waals surface area contributed by atoms with Gasteiger partial charge in [0.05, 0.1) is 0 Å². The molecule has 28 heavy (non-hydrogen) atoms. The average molecular weight is 383 g/mol. The predicted molar refractivity (Wildman–Crippen MR) is 114 cm³/mol. The van der Waals surface area contributed by atoms with Crippen LogP contribution in [0, 0.1) is 4.91 Å². The third kappa shape index (κ3) is 10.3. The normalized spacial score (nSPS) is 11.4. The third-order valence-corrected chi connectivity index (χ3v) is 4.12. The first kappa shape index (κ1) is 23.1. The molecule has 0 radical (unpaired) electrons. The molecular weight excluding hydrogens is 354 g/mol. The van der Waals surface area contributed by atoms with E-state index in [1.165, 1.54) is 19.3 Å². The first-order valence-corrected chi connectivity index (χ1v) is 9.61. The molecule has 5 heteroatoms. The lowest BCUT2D eigenvalue weighted by Crippen LogP contribution is -2.02. The Bertz CT molecular complexity index is 711. The van der Waals surface area contributed by atoms with Gasteiger partial charge in [0.2, 0.25) is 0 Å². The van der Waals surface area contributed by atoms with Crippen LogP contribution in [-0.4, -0.2) is 17.2 Å². The number of unbranched alkanes of at least 4 members (excludes halogenated alkanes) is 3. The van der Waals surface area contributed by atoms with Crippen molar-refractivity contribution in [1.82, 2.24) is 0 Å². The molecule has 0 fully saturated rings. The molecule has 2 aromatic rings. The maximum absolute atomic E-state index is 10.4. The van der Waals surface area contributed by atoms with Crippen LogP contribution in [0.4, 0.5) is 0 Å². The molecule has 0 spiro atoms. The minimum Gasteiger partial charge on any atom is -0.478 e. The fourth-order valence-corrected chi connectivity index (χ4v) is 2.57. The van der Waals surface area contributed by atoms with Gasteiger partial charge in [0.25, 0.3) is 0 Å².